The lowest BCUT2D eigenvalue weighted by atomic mass is 9.57. The van der Waals surface area contributed by atoms with Gasteiger partial charge in [0.2, 0.25) is 0 Å². The highest BCUT2D eigenvalue weighted by atomic mass is 16.4. The standard InChI is InChI=1S/C15H26O2/c1-14(2)11-7-8-12(10-11)15(14,3)9-5-4-6-13(16)17/h11-12H,4-10H2,1-3H3,(H,16,17). The summed E-state index contributed by atoms with van der Waals surface area (Å²) < 4.78 is 0. The quantitative estimate of drug-likeness (QED) is 0.732. The first-order valence-corrected chi connectivity index (χ1v) is 7.10. The van der Waals surface area contributed by atoms with Crippen LogP contribution in [0, 0.1) is 22.7 Å². The first-order chi connectivity index (χ1) is 7.88. The molecule has 2 nitrogen and oxygen atoms in total. The normalized spacial score (nSPS) is 38.5. The smallest absolute Gasteiger partial charge is 0.303 e. The molecule has 0 aromatic heterocycles. The second-order valence-electron chi connectivity index (χ2n) is 6.95. The van der Waals surface area contributed by atoms with Crippen LogP contribution >= 0.6 is 0 Å². The third kappa shape index (κ3) is 2.00. The largest absolute Gasteiger partial charge is 0.481 e. The predicted octanol–water partition coefficient (Wildman–Crippen LogP) is 4.09. The van der Waals surface area contributed by atoms with Gasteiger partial charge in [-0.1, -0.05) is 27.2 Å². The van der Waals surface area contributed by atoms with Crippen LogP contribution in [0.3, 0.4) is 0 Å². The second-order valence-corrected chi connectivity index (χ2v) is 6.95. The number of rotatable bonds is 5. The number of aliphatic carboxylic acids is 1. The molecule has 2 aliphatic carbocycles. The van der Waals surface area contributed by atoms with Crippen LogP contribution in [0.4, 0.5) is 0 Å². The third-order valence-corrected chi connectivity index (χ3v) is 6.16. The topological polar surface area (TPSA) is 37.3 Å². The van der Waals surface area contributed by atoms with Crippen molar-refractivity contribution in [2.75, 3.05) is 0 Å². The first-order valence-electron chi connectivity index (χ1n) is 7.10. The summed E-state index contributed by atoms with van der Waals surface area (Å²) in [5, 5.41) is 8.68. The summed E-state index contributed by atoms with van der Waals surface area (Å²) in [5.74, 6) is 1.16. The summed E-state index contributed by atoms with van der Waals surface area (Å²) in [5.41, 5.74) is 0.910. The fourth-order valence-electron chi connectivity index (χ4n) is 4.50. The van der Waals surface area contributed by atoms with Gasteiger partial charge in [0.25, 0.3) is 0 Å². The Morgan fingerprint density at radius 1 is 1.18 bits per heavy atom. The Bertz CT molecular complexity index is 308. The van der Waals surface area contributed by atoms with E-state index in [1.807, 2.05) is 0 Å². The van der Waals surface area contributed by atoms with Crippen LogP contribution in [-0.4, -0.2) is 11.1 Å². The average molecular weight is 238 g/mol. The molecule has 0 aliphatic heterocycles. The minimum Gasteiger partial charge on any atom is -0.481 e. The number of fused-ring (bicyclic) bond motifs is 2. The zero-order chi connectivity index (χ0) is 12.7. The number of hydrogen-bond acceptors (Lipinski definition) is 1. The molecule has 0 spiro atoms. The molecule has 0 amide bonds. The van der Waals surface area contributed by atoms with Gasteiger partial charge in [0.1, 0.15) is 0 Å². The fraction of sp³-hybridized carbons (Fsp3) is 0.933. The Hall–Kier alpha value is -0.530. The van der Waals surface area contributed by atoms with Crippen molar-refractivity contribution in [1.29, 1.82) is 0 Å². The summed E-state index contributed by atoms with van der Waals surface area (Å²) in [6.45, 7) is 7.33. The van der Waals surface area contributed by atoms with Crippen molar-refractivity contribution in [3.05, 3.63) is 0 Å². The number of unbranched alkanes of at least 4 members (excludes halogenated alkanes) is 1. The lowest BCUT2D eigenvalue weighted by Crippen LogP contribution is -2.40. The van der Waals surface area contributed by atoms with Crippen LogP contribution in [0.5, 0.6) is 0 Å². The highest BCUT2D eigenvalue weighted by Crippen LogP contribution is 2.67. The lowest BCUT2D eigenvalue weighted by Gasteiger charge is -2.48. The van der Waals surface area contributed by atoms with Gasteiger partial charge in [-0.2, -0.15) is 0 Å². The van der Waals surface area contributed by atoms with Gasteiger partial charge in [-0.15, -0.1) is 0 Å². The summed E-state index contributed by atoms with van der Waals surface area (Å²) in [6.07, 6.45) is 7.72. The van der Waals surface area contributed by atoms with Gasteiger partial charge in [0.05, 0.1) is 0 Å². The second kappa shape index (κ2) is 4.29. The van der Waals surface area contributed by atoms with E-state index in [1.54, 1.807) is 0 Å². The van der Waals surface area contributed by atoms with Crippen LogP contribution in [-0.2, 0) is 4.79 Å². The van der Waals surface area contributed by atoms with Crippen molar-refractivity contribution in [2.24, 2.45) is 22.7 Å². The van der Waals surface area contributed by atoms with E-state index in [-0.39, 0.29) is 0 Å². The maximum Gasteiger partial charge on any atom is 0.303 e. The molecule has 2 heteroatoms. The Morgan fingerprint density at radius 2 is 1.82 bits per heavy atom. The van der Waals surface area contributed by atoms with Crippen LogP contribution in [0.15, 0.2) is 0 Å². The van der Waals surface area contributed by atoms with E-state index in [2.05, 4.69) is 20.8 Å². The molecular formula is C15H26O2. The van der Waals surface area contributed by atoms with Crippen LogP contribution < -0.4 is 0 Å². The Balaban J connectivity index is 1.92. The van der Waals surface area contributed by atoms with E-state index >= 15 is 0 Å². The Morgan fingerprint density at radius 3 is 2.35 bits per heavy atom. The van der Waals surface area contributed by atoms with Gasteiger partial charge in [-0.3, -0.25) is 4.79 Å². The number of hydrogen-bond donors (Lipinski definition) is 1. The molecule has 0 aromatic carbocycles. The number of carbonyl (C=O) groups is 1. The van der Waals surface area contributed by atoms with Gasteiger partial charge in [-0.05, 0) is 54.8 Å². The summed E-state index contributed by atoms with van der Waals surface area (Å²) in [7, 11) is 0. The Kier molecular flexibility index (Phi) is 3.26. The highest BCUT2D eigenvalue weighted by molar-refractivity contribution is 5.66. The lowest BCUT2D eigenvalue weighted by molar-refractivity contribution is -0.137. The molecule has 3 unspecified atom stereocenters. The van der Waals surface area contributed by atoms with E-state index in [9.17, 15) is 4.79 Å². The number of carboxylic acids is 1. The molecule has 0 heterocycles. The highest BCUT2D eigenvalue weighted by Gasteiger charge is 2.59. The van der Waals surface area contributed by atoms with Crippen LogP contribution in [0.25, 0.3) is 0 Å². The van der Waals surface area contributed by atoms with Gasteiger partial charge >= 0.3 is 5.97 Å². The minimum atomic E-state index is -0.651. The van der Waals surface area contributed by atoms with Crippen molar-refractivity contribution in [3.63, 3.8) is 0 Å². The van der Waals surface area contributed by atoms with E-state index in [1.165, 1.54) is 25.7 Å². The molecule has 3 atom stereocenters. The molecular weight excluding hydrogens is 212 g/mol. The molecule has 2 aliphatic rings. The predicted molar refractivity (Wildman–Crippen MR) is 68.8 cm³/mol. The molecule has 0 radical (unpaired) electrons. The average Bonchev–Trinajstić information content (AvgIpc) is 2.78. The fourth-order valence-corrected chi connectivity index (χ4v) is 4.50. The maximum absolute atomic E-state index is 10.5. The van der Waals surface area contributed by atoms with Crippen molar-refractivity contribution >= 4 is 5.97 Å². The van der Waals surface area contributed by atoms with Crippen LogP contribution in [0.2, 0.25) is 0 Å². The van der Waals surface area contributed by atoms with Gasteiger partial charge in [-0.25, -0.2) is 0 Å². The van der Waals surface area contributed by atoms with Crippen molar-refractivity contribution in [3.8, 4) is 0 Å². The number of carboxylic acid groups (broad SMARTS) is 1. The van der Waals surface area contributed by atoms with Crippen molar-refractivity contribution in [2.45, 2.75) is 65.7 Å². The molecule has 1 N–H and O–H groups in total. The molecule has 2 fully saturated rings. The van der Waals surface area contributed by atoms with Gasteiger partial charge in [0.15, 0.2) is 0 Å². The molecule has 2 rings (SSSR count). The molecule has 0 saturated heterocycles. The third-order valence-electron chi connectivity index (χ3n) is 6.16. The van der Waals surface area contributed by atoms with Gasteiger partial charge < -0.3 is 5.11 Å². The monoisotopic (exact) mass is 238 g/mol. The zero-order valence-electron chi connectivity index (χ0n) is 11.5. The Labute approximate surface area is 105 Å². The van der Waals surface area contributed by atoms with E-state index in [0.717, 1.165) is 24.7 Å². The van der Waals surface area contributed by atoms with E-state index in [0.29, 0.717) is 17.3 Å². The summed E-state index contributed by atoms with van der Waals surface area (Å²) in [4.78, 5) is 10.5. The van der Waals surface area contributed by atoms with E-state index in [4.69, 9.17) is 5.11 Å². The minimum absolute atomic E-state index is 0.338. The molecule has 2 bridgehead atoms. The van der Waals surface area contributed by atoms with E-state index < -0.39 is 5.97 Å². The maximum atomic E-state index is 10.5. The molecule has 98 valence electrons. The summed E-state index contributed by atoms with van der Waals surface area (Å²) in [6, 6.07) is 0. The summed E-state index contributed by atoms with van der Waals surface area (Å²) >= 11 is 0. The molecule has 2 saturated carbocycles. The van der Waals surface area contributed by atoms with Crippen LogP contribution in [0.1, 0.15) is 65.7 Å². The SMILES string of the molecule is CC1(C)C2CCC(C2)C1(C)CCCCC(=O)O. The molecule has 17 heavy (non-hydrogen) atoms. The zero-order valence-corrected chi connectivity index (χ0v) is 11.5. The van der Waals surface area contributed by atoms with Crippen molar-refractivity contribution in [1.82, 2.24) is 0 Å². The van der Waals surface area contributed by atoms with Crippen molar-refractivity contribution < 1.29 is 9.90 Å². The van der Waals surface area contributed by atoms with Gasteiger partial charge in [0, 0.05) is 6.42 Å². The first kappa shape index (κ1) is 12.9. The molecule has 0 aromatic rings.